The Bertz CT molecular complexity index is 199. The van der Waals surface area contributed by atoms with Gasteiger partial charge in [-0.05, 0) is 24.7 Å². The molecule has 0 heterocycles. The molecule has 21 heavy (non-hydrogen) atoms. The summed E-state index contributed by atoms with van der Waals surface area (Å²) in [4.78, 5) is 0. The lowest BCUT2D eigenvalue weighted by molar-refractivity contribution is -0.0517. The van der Waals surface area contributed by atoms with E-state index in [-0.39, 0.29) is 25.4 Å². The predicted octanol–water partition coefficient (Wildman–Crippen LogP) is 1.85. The first-order valence-electron chi connectivity index (χ1n) is 8.02. The van der Waals surface area contributed by atoms with Gasteiger partial charge in [0.25, 0.3) is 0 Å². The third-order valence-corrected chi connectivity index (χ3v) is 3.04. The molecule has 0 spiro atoms. The number of ether oxygens (including phenoxy) is 3. The summed E-state index contributed by atoms with van der Waals surface area (Å²) in [6.07, 6.45) is 1.50. The summed E-state index contributed by atoms with van der Waals surface area (Å²) in [5, 5.41) is 18.3. The topological polar surface area (TPSA) is 68.2 Å². The van der Waals surface area contributed by atoms with Crippen LogP contribution in [0.5, 0.6) is 0 Å². The van der Waals surface area contributed by atoms with E-state index in [0.29, 0.717) is 38.3 Å². The molecule has 0 bridgehead atoms. The quantitative estimate of drug-likeness (QED) is 0.479. The molecule has 0 radical (unpaired) electrons. The monoisotopic (exact) mass is 306 g/mol. The maximum atomic E-state index is 9.17. The molecule has 5 heteroatoms. The standard InChI is InChI=1S/C16H34O5/c1-13(2)9-15(11-17)20-7-5-19-6-8-21-16(12-18)10-14(3)4/h13-18H,5-12H2,1-4H3/t15-,16-/m0/s1. The maximum absolute atomic E-state index is 9.17. The average molecular weight is 306 g/mol. The Kier molecular flexibility index (Phi) is 13.3. The number of hydrogen-bond acceptors (Lipinski definition) is 5. The van der Waals surface area contributed by atoms with Crippen molar-refractivity contribution >= 4 is 0 Å². The van der Waals surface area contributed by atoms with E-state index in [1.807, 2.05) is 0 Å². The van der Waals surface area contributed by atoms with Crippen LogP contribution in [0.4, 0.5) is 0 Å². The fraction of sp³-hybridized carbons (Fsp3) is 1.00. The molecule has 0 aromatic rings. The molecule has 128 valence electrons. The van der Waals surface area contributed by atoms with Crippen molar-refractivity contribution in [2.24, 2.45) is 11.8 Å². The van der Waals surface area contributed by atoms with Crippen LogP contribution in [0, 0.1) is 11.8 Å². The molecule has 0 aromatic heterocycles. The lowest BCUT2D eigenvalue weighted by Crippen LogP contribution is -2.24. The van der Waals surface area contributed by atoms with Crippen molar-refractivity contribution in [3.8, 4) is 0 Å². The van der Waals surface area contributed by atoms with Gasteiger partial charge in [-0.15, -0.1) is 0 Å². The summed E-state index contributed by atoms with van der Waals surface area (Å²) in [5.41, 5.74) is 0. The third-order valence-electron chi connectivity index (χ3n) is 3.04. The van der Waals surface area contributed by atoms with Gasteiger partial charge in [-0.1, -0.05) is 27.7 Å². The van der Waals surface area contributed by atoms with Crippen molar-refractivity contribution < 1.29 is 24.4 Å². The largest absolute Gasteiger partial charge is 0.394 e. The van der Waals surface area contributed by atoms with Gasteiger partial charge in [0.15, 0.2) is 0 Å². The normalized spacial score (nSPS) is 14.9. The van der Waals surface area contributed by atoms with Gasteiger partial charge in [-0.3, -0.25) is 0 Å². The van der Waals surface area contributed by atoms with Gasteiger partial charge >= 0.3 is 0 Å². The van der Waals surface area contributed by atoms with E-state index in [2.05, 4.69) is 27.7 Å². The highest BCUT2D eigenvalue weighted by Crippen LogP contribution is 2.08. The van der Waals surface area contributed by atoms with Crippen LogP contribution in [0.2, 0.25) is 0 Å². The summed E-state index contributed by atoms with van der Waals surface area (Å²) in [7, 11) is 0. The molecular weight excluding hydrogens is 272 g/mol. The minimum absolute atomic E-state index is 0.0503. The highest BCUT2D eigenvalue weighted by molar-refractivity contribution is 4.59. The van der Waals surface area contributed by atoms with Crippen molar-refractivity contribution in [1.29, 1.82) is 0 Å². The molecule has 5 nitrogen and oxygen atoms in total. The minimum Gasteiger partial charge on any atom is -0.394 e. The van der Waals surface area contributed by atoms with Crippen molar-refractivity contribution in [3.05, 3.63) is 0 Å². The van der Waals surface area contributed by atoms with E-state index < -0.39 is 0 Å². The summed E-state index contributed by atoms with van der Waals surface area (Å²) in [5.74, 6) is 1.01. The molecule has 0 saturated carbocycles. The second-order valence-electron chi connectivity index (χ2n) is 6.22. The predicted molar refractivity (Wildman–Crippen MR) is 83.4 cm³/mol. The number of hydrogen-bond donors (Lipinski definition) is 2. The first-order valence-corrected chi connectivity index (χ1v) is 8.02. The van der Waals surface area contributed by atoms with Crippen LogP contribution < -0.4 is 0 Å². The Labute approximate surface area is 129 Å². The Balaban J connectivity index is 3.50. The fourth-order valence-corrected chi connectivity index (χ4v) is 2.09. The van der Waals surface area contributed by atoms with E-state index in [0.717, 1.165) is 12.8 Å². The number of rotatable bonds is 14. The van der Waals surface area contributed by atoms with Gasteiger partial charge in [0, 0.05) is 0 Å². The maximum Gasteiger partial charge on any atom is 0.0809 e. The van der Waals surface area contributed by atoms with Crippen LogP contribution in [0.3, 0.4) is 0 Å². The van der Waals surface area contributed by atoms with E-state index >= 15 is 0 Å². The van der Waals surface area contributed by atoms with Crippen LogP contribution in [0.15, 0.2) is 0 Å². The highest BCUT2D eigenvalue weighted by Gasteiger charge is 2.11. The van der Waals surface area contributed by atoms with Gasteiger partial charge in [0.2, 0.25) is 0 Å². The van der Waals surface area contributed by atoms with Crippen molar-refractivity contribution in [2.45, 2.75) is 52.7 Å². The molecule has 0 aromatic carbocycles. The number of aliphatic hydroxyl groups is 2. The highest BCUT2D eigenvalue weighted by atomic mass is 16.6. The second-order valence-corrected chi connectivity index (χ2v) is 6.22. The first-order chi connectivity index (χ1) is 9.99. The molecule has 0 aliphatic carbocycles. The zero-order valence-corrected chi connectivity index (χ0v) is 14.1. The Hall–Kier alpha value is -0.200. The third kappa shape index (κ3) is 13.2. The molecule has 0 aliphatic heterocycles. The number of aliphatic hydroxyl groups excluding tert-OH is 2. The molecule has 0 fully saturated rings. The molecule has 2 atom stereocenters. The van der Waals surface area contributed by atoms with E-state index in [9.17, 15) is 0 Å². The summed E-state index contributed by atoms with van der Waals surface area (Å²) < 4.78 is 16.5. The Morgan fingerprint density at radius 1 is 0.667 bits per heavy atom. The summed E-state index contributed by atoms with van der Waals surface area (Å²) in [6.45, 7) is 10.5. The second kappa shape index (κ2) is 13.5. The van der Waals surface area contributed by atoms with E-state index in [1.165, 1.54) is 0 Å². The molecule has 0 amide bonds. The van der Waals surface area contributed by atoms with Crippen LogP contribution in [-0.2, 0) is 14.2 Å². The van der Waals surface area contributed by atoms with Gasteiger partial charge < -0.3 is 24.4 Å². The molecule has 0 unspecified atom stereocenters. The zero-order valence-electron chi connectivity index (χ0n) is 14.1. The zero-order chi connectivity index (χ0) is 16.1. The van der Waals surface area contributed by atoms with Crippen molar-refractivity contribution in [2.75, 3.05) is 39.6 Å². The van der Waals surface area contributed by atoms with Gasteiger partial charge in [-0.25, -0.2) is 0 Å². The Morgan fingerprint density at radius 3 is 1.33 bits per heavy atom. The van der Waals surface area contributed by atoms with Crippen LogP contribution >= 0.6 is 0 Å². The molecular formula is C16H34O5. The van der Waals surface area contributed by atoms with Crippen LogP contribution in [0.1, 0.15) is 40.5 Å². The molecule has 0 aliphatic rings. The SMILES string of the molecule is CC(C)C[C@@H](CO)OCCOCCO[C@H](CO)CC(C)C. The lowest BCUT2D eigenvalue weighted by atomic mass is 10.1. The van der Waals surface area contributed by atoms with Gasteiger partial charge in [0.1, 0.15) is 0 Å². The average Bonchev–Trinajstić information content (AvgIpc) is 2.42. The minimum atomic E-state index is -0.102. The van der Waals surface area contributed by atoms with Crippen molar-refractivity contribution in [1.82, 2.24) is 0 Å². The summed E-state index contributed by atoms with van der Waals surface area (Å²) >= 11 is 0. The van der Waals surface area contributed by atoms with Gasteiger partial charge in [-0.2, -0.15) is 0 Å². The molecule has 0 saturated heterocycles. The molecule has 2 N–H and O–H groups in total. The van der Waals surface area contributed by atoms with Crippen LogP contribution in [-0.4, -0.2) is 62.1 Å². The summed E-state index contributed by atoms with van der Waals surface area (Å²) in [6, 6.07) is 0. The first kappa shape index (κ1) is 20.8. The van der Waals surface area contributed by atoms with E-state index in [1.54, 1.807) is 0 Å². The molecule has 0 rings (SSSR count). The van der Waals surface area contributed by atoms with Crippen molar-refractivity contribution in [3.63, 3.8) is 0 Å². The van der Waals surface area contributed by atoms with Gasteiger partial charge in [0.05, 0.1) is 51.8 Å². The fourth-order valence-electron chi connectivity index (χ4n) is 2.09. The Morgan fingerprint density at radius 2 is 1.05 bits per heavy atom. The lowest BCUT2D eigenvalue weighted by Gasteiger charge is -2.18. The van der Waals surface area contributed by atoms with Crippen LogP contribution in [0.25, 0.3) is 0 Å². The smallest absolute Gasteiger partial charge is 0.0809 e. The van der Waals surface area contributed by atoms with E-state index in [4.69, 9.17) is 24.4 Å².